The van der Waals surface area contributed by atoms with Crippen LogP contribution in [0.1, 0.15) is 25.0 Å². The number of sulfonamides is 1. The van der Waals surface area contributed by atoms with Crippen LogP contribution in [0.25, 0.3) is 0 Å². The van der Waals surface area contributed by atoms with Gasteiger partial charge < -0.3 is 5.32 Å². The van der Waals surface area contributed by atoms with Gasteiger partial charge in [-0.3, -0.25) is 9.69 Å². The molecule has 158 valence electrons. The summed E-state index contributed by atoms with van der Waals surface area (Å²) in [7, 11) is -0.260. The van der Waals surface area contributed by atoms with Gasteiger partial charge in [0.2, 0.25) is 15.9 Å². The van der Waals surface area contributed by atoms with Gasteiger partial charge in [0.15, 0.2) is 0 Å². The molecular weight excluding hydrogens is 454 g/mol. The Balaban J connectivity index is 1.99. The van der Waals surface area contributed by atoms with Crippen molar-refractivity contribution in [1.82, 2.24) is 14.5 Å². The van der Waals surface area contributed by atoms with Crippen molar-refractivity contribution in [3.8, 4) is 0 Å². The number of amides is 1. The lowest BCUT2D eigenvalue weighted by Gasteiger charge is -2.23. The molecule has 2 rings (SSSR count). The molecule has 2 aromatic rings. The Morgan fingerprint density at radius 1 is 1.03 bits per heavy atom. The average molecular weight is 482 g/mol. The number of likely N-dealkylation sites (N-methyl/N-ethyl adjacent to an activating group) is 1. The summed E-state index contributed by atoms with van der Waals surface area (Å²) in [6.07, 6.45) is 0. The van der Waals surface area contributed by atoms with Crippen LogP contribution >= 0.6 is 15.9 Å². The van der Waals surface area contributed by atoms with E-state index in [1.807, 2.05) is 24.3 Å². The molecule has 0 aliphatic carbocycles. The van der Waals surface area contributed by atoms with E-state index in [0.29, 0.717) is 12.6 Å². The molecule has 0 spiro atoms. The van der Waals surface area contributed by atoms with Crippen molar-refractivity contribution < 1.29 is 13.2 Å². The quantitative estimate of drug-likeness (QED) is 0.596. The molecule has 2 aromatic carbocycles. The van der Waals surface area contributed by atoms with Crippen molar-refractivity contribution in [1.29, 1.82) is 0 Å². The molecule has 0 radical (unpaired) electrons. The Morgan fingerprint density at radius 3 is 2.21 bits per heavy atom. The van der Waals surface area contributed by atoms with Crippen LogP contribution in [-0.4, -0.2) is 50.2 Å². The van der Waals surface area contributed by atoms with E-state index < -0.39 is 10.0 Å². The molecule has 1 N–H and O–H groups in total. The third-order valence-corrected chi connectivity index (χ3v) is 7.13. The van der Waals surface area contributed by atoms with Crippen LogP contribution in [0.2, 0.25) is 0 Å². The smallest absolute Gasteiger partial charge is 0.243 e. The van der Waals surface area contributed by atoms with E-state index in [1.54, 1.807) is 12.1 Å². The van der Waals surface area contributed by atoms with E-state index in [2.05, 4.69) is 47.0 Å². The van der Waals surface area contributed by atoms with Crippen LogP contribution in [0.4, 0.5) is 0 Å². The van der Waals surface area contributed by atoms with Crippen molar-refractivity contribution in [3.05, 3.63) is 64.1 Å². The predicted octanol–water partition coefficient (Wildman–Crippen LogP) is 3.23. The molecule has 0 fully saturated rings. The fourth-order valence-corrected chi connectivity index (χ4v) is 4.05. The third-order valence-electron chi connectivity index (χ3n) is 4.78. The maximum Gasteiger partial charge on any atom is 0.243 e. The van der Waals surface area contributed by atoms with Gasteiger partial charge >= 0.3 is 0 Å². The zero-order valence-electron chi connectivity index (χ0n) is 17.2. The Morgan fingerprint density at radius 2 is 1.62 bits per heavy atom. The molecule has 0 bridgehead atoms. The van der Waals surface area contributed by atoms with E-state index in [4.69, 9.17) is 0 Å². The Kier molecular flexibility index (Phi) is 8.39. The molecule has 0 atom stereocenters. The second kappa shape index (κ2) is 10.3. The first-order valence-electron chi connectivity index (χ1n) is 9.37. The van der Waals surface area contributed by atoms with E-state index in [1.165, 1.54) is 19.2 Å². The molecule has 0 aliphatic heterocycles. The topological polar surface area (TPSA) is 69.7 Å². The van der Waals surface area contributed by atoms with Crippen molar-refractivity contribution in [2.24, 2.45) is 0 Å². The van der Waals surface area contributed by atoms with Gasteiger partial charge in [0, 0.05) is 30.7 Å². The number of hydrogen-bond donors (Lipinski definition) is 1. The first-order valence-corrected chi connectivity index (χ1v) is 11.6. The second-order valence-corrected chi connectivity index (χ2v) is 10.2. The van der Waals surface area contributed by atoms with Crippen molar-refractivity contribution in [3.63, 3.8) is 0 Å². The summed E-state index contributed by atoms with van der Waals surface area (Å²) in [5.41, 5.74) is 2.16. The van der Waals surface area contributed by atoms with Crippen LogP contribution in [0, 0.1) is 0 Å². The Bertz CT molecular complexity index is 930. The van der Waals surface area contributed by atoms with E-state index in [-0.39, 0.29) is 17.3 Å². The minimum atomic E-state index is -3.72. The molecule has 0 aliphatic rings. The normalized spacial score (nSPS) is 12.0. The number of carbonyl (C=O) groups excluding carboxylic acids is 1. The minimum absolute atomic E-state index is 0.151. The maximum atomic E-state index is 12.6. The number of hydrogen-bond acceptors (Lipinski definition) is 4. The fraction of sp³-hybridized carbons (Fsp3) is 0.381. The Hall–Kier alpha value is -1.74. The van der Waals surface area contributed by atoms with Gasteiger partial charge in [-0.2, -0.15) is 4.31 Å². The lowest BCUT2D eigenvalue weighted by Crippen LogP contribution is -2.38. The predicted molar refractivity (Wildman–Crippen MR) is 119 cm³/mol. The monoisotopic (exact) mass is 481 g/mol. The molecule has 0 saturated carbocycles. The summed E-state index contributed by atoms with van der Waals surface area (Å²) in [5, 5.41) is 2.83. The fourth-order valence-electron chi connectivity index (χ4n) is 2.66. The number of rotatable bonds is 9. The Labute approximate surface area is 182 Å². The van der Waals surface area contributed by atoms with Crippen molar-refractivity contribution >= 4 is 31.9 Å². The highest BCUT2D eigenvalue weighted by Crippen LogP contribution is 2.18. The van der Waals surface area contributed by atoms with Gasteiger partial charge in [-0.1, -0.05) is 40.2 Å². The molecule has 29 heavy (non-hydrogen) atoms. The summed E-state index contributed by atoms with van der Waals surface area (Å²) in [5.74, 6) is -0.347. The maximum absolute atomic E-state index is 12.6. The van der Waals surface area contributed by atoms with Gasteiger partial charge in [0.05, 0.1) is 11.4 Å². The van der Waals surface area contributed by atoms with Gasteiger partial charge in [-0.05, 0) is 56.3 Å². The summed E-state index contributed by atoms with van der Waals surface area (Å²) >= 11 is 3.29. The van der Waals surface area contributed by atoms with E-state index >= 15 is 0 Å². The zero-order chi connectivity index (χ0) is 21.6. The van der Waals surface area contributed by atoms with Crippen LogP contribution in [0.15, 0.2) is 57.9 Å². The van der Waals surface area contributed by atoms with Crippen LogP contribution in [0.3, 0.4) is 0 Å². The number of benzene rings is 2. The molecule has 0 unspecified atom stereocenters. The molecule has 6 nitrogen and oxygen atoms in total. The summed E-state index contributed by atoms with van der Waals surface area (Å²) in [6, 6.07) is 14.7. The lowest BCUT2D eigenvalue weighted by molar-refractivity contribution is -0.121. The van der Waals surface area contributed by atoms with Crippen LogP contribution in [0.5, 0.6) is 0 Å². The van der Waals surface area contributed by atoms with Crippen molar-refractivity contribution in [2.45, 2.75) is 37.9 Å². The highest BCUT2D eigenvalue weighted by atomic mass is 79.9. The SMILES string of the molecule is CC(C)N(C)Cc1ccccc1CNC(=O)CN(C)S(=O)(=O)c1ccc(Br)cc1. The lowest BCUT2D eigenvalue weighted by atomic mass is 10.1. The second-order valence-electron chi connectivity index (χ2n) is 7.27. The summed E-state index contributed by atoms with van der Waals surface area (Å²) < 4.78 is 27.1. The molecule has 0 aromatic heterocycles. The van der Waals surface area contributed by atoms with E-state index in [0.717, 1.165) is 26.4 Å². The van der Waals surface area contributed by atoms with Gasteiger partial charge in [-0.15, -0.1) is 0 Å². The molecule has 8 heteroatoms. The van der Waals surface area contributed by atoms with Crippen LogP contribution < -0.4 is 5.32 Å². The summed E-state index contributed by atoms with van der Waals surface area (Å²) in [6.45, 7) is 5.15. The van der Waals surface area contributed by atoms with Gasteiger partial charge in [0.1, 0.15) is 0 Å². The highest BCUT2D eigenvalue weighted by molar-refractivity contribution is 9.10. The van der Waals surface area contributed by atoms with Crippen molar-refractivity contribution in [2.75, 3.05) is 20.6 Å². The first-order chi connectivity index (χ1) is 13.6. The van der Waals surface area contributed by atoms with E-state index in [9.17, 15) is 13.2 Å². The molecule has 0 saturated heterocycles. The van der Waals surface area contributed by atoms with Gasteiger partial charge in [-0.25, -0.2) is 8.42 Å². The number of nitrogens with one attached hydrogen (secondary N) is 1. The number of carbonyl (C=O) groups is 1. The molecule has 0 heterocycles. The highest BCUT2D eigenvalue weighted by Gasteiger charge is 2.22. The molecular formula is C21H28BrN3O3S. The third kappa shape index (κ3) is 6.64. The first kappa shape index (κ1) is 23.5. The largest absolute Gasteiger partial charge is 0.351 e. The number of halogens is 1. The standard InChI is InChI=1S/C21H28BrN3O3S/c1-16(2)24(3)14-18-8-6-5-7-17(18)13-23-21(26)15-25(4)29(27,28)20-11-9-19(22)10-12-20/h5-12,16H,13-15H2,1-4H3,(H,23,26). The summed E-state index contributed by atoms with van der Waals surface area (Å²) in [4.78, 5) is 14.7. The average Bonchev–Trinajstić information content (AvgIpc) is 2.67. The molecule has 1 amide bonds. The minimum Gasteiger partial charge on any atom is -0.351 e. The van der Waals surface area contributed by atoms with Gasteiger partial charge in [0.25, 0.3) is 0 Å². The number of nitrogens with zero attached hydrogens (tertiary/aromatic N) is 2. The van der Waals surface area contributed by atoms with Crippen LogP contribution in [-0.2, 0) is 27.9 Å². The zero-order valence-corrected chi connectivity index (χ0v) is 19.6.